The largest absolute Gasteiger partial charge is 0.397 e. The highest BCUT2D eigenvalue weighted by molar-refractivity contribution is 5.70. The van der Waals surface area contributed by atoms with Crippen LogP contribution < -0.4 is 10.6 Å². The number of rotatable bonds is 7. The molecule has 0 amide bonds. The highest BCUT2D eigenvalue weighted by Crippen LogP contribution is 2.27. The first-order valence-electron chi connectivity index (χ1n) is 5.75. The van der Waals surface area contributed by atoms with Gasteiger partial charge in [-0.05, 0) is 6.07 Å². The third-order valence-electron chi connectivity index (χ3n) is 2.62. The molecule has 0 unspecified atom stereocenters. The topological polar surface area (TPSA) is 105 Å². The van der Waals surface area contributed by atoms with Gasteiger partial charge in [0.2, 0.25) is 0 Å². The van der Waals surface area contributed by atoms with Crippen molar-refractivity contribution in [2.24, 2.45) is 0 Å². The van der Waals surface area contributed by atoms with Crippen LogP contribution in [0.1, 0.15) is 6.42 Å². The summed E-state index contributed by atoms with van der Waals surface area (Å²) in [5, 5.41) is 19.3. The average molecular weight is 264 g/mol. The number of hydrogen-bond donors (Lipinski definition) is 1. The maximum Gasteiger partial charge on any atom is 0.271 e. The molecule has 0 aliphatic carbocycles. The van der Waals surface area contributed by atoms with E-state index in [0.717, 1.165) is 0 Å². The number of nitro benzene ring substituents is 1. The van der Waals surface area contributed by atoms with Gasteiger partial charge in [-0.3, -0.25) is 10.1 Å². The second-order valence-electron chi connectivity index (χ2n) is 3.89. The van der Waals surface area contributed by atoms with E-state index in [9.17, 15) is 10.1 Å². The minimum Gasteiger partial charge on any atom is -0.397 e. The molecule has 0 aromatic heterocycles. The Morgan fingerprint density at radius 3 is 2.79 bits per heavy atom. The number of hydrogen-bond acceptors (Lipinski definition) is 6. The van der Waals surface area contributed by atoms with Gasteiger partial charge in [0.15, 0.2) is 0 Å². The molecule has 0 spiro atoms. The van der Waals surface area contributed by atoms with Crippen LogP contribution in [-0.4, -0.2) is 31.7 Å². The van der Waals surface area contributed by atoms with Crippen molar-refractivity contribution in [2.75, 3.05) is 37.4 Å². The first-order chi connectivity index (χ1) is 9.10. The molecule has 0 aliphatic rings. The van der Waals surface area contributed by atoms with Crippen LogP contribution in [0.3, 0.4) is 0 Å². The van der Waals surface area contributed by atoms with Gasteiger partial charge in [-0.2, -0.15) is 5.26 Å². The van der Waals surface area contributed by atoms with Gasteiger partial charge in [0.05, 0.1) is 35.4 Å². The minimum atomic E-state index is -0.491. The van der Waals surface area contributed by atoms with E-state index in [1.165, 1.54) is 12.1 Å². The molecule has 1 aromatic carbocycles. The predicted molar refractivity (Wildman–Crippen MR) is 71.8 cm³/mol. The van der Waals surface area contributed by atoms with E-state index in [4.69, 9.17) is 15.7 Å². The van der Waals surface area contributed by atoms with Gasteiger partial charge < -0.3 is 15.4 Å². The van der Waals surface area contributed by atoms with Crippen LogP contribution in [0.5, 0.6) is 0 Å². The molecular weight excluding hydrogens is 248 g/mol. The third kappa shape index (κ3) is 4.12. The number of nitriles is 1. The summed E-state index contributed by atoms with van der Waals surface area (Å²) in [6.45, 7) is 1.56. The first kappa shape index (κ1) is 14.7. The molecule has 19 heavy (non-hydrogen) atoms. The number of benzene rings is 1. The fourth-order valence-electron chi connectivity index (χ4n) is 1.68. The summed E-state index contributed by atoms with van der Waals surface area (Å²) in [5.41, 5.74) is 6.79. The molecular formula is C12H16N4O3. The lowest BCUT2D eigenvalue weighted by atomic mass is 10.2. The number of nitrogens with zero attached hydrogens (tertiary/aromatic N) is 3. The maximum atomic E-state index is 10.7. The number of non-ortho nitro benzene ring substituents is 1. The average Bonchev–Trinajstić information content (AvgIpc) is 2.39. The fraction of sp³-hybridized carbons (Fsp3) is 0.417. The third-order valence-corrected chi connectivity index (χ3v) is 2.62. The summed E-state index contributed by atoms with van der Waals surface area (Å²) in [6, 6.07) is 6.38. The van der Waals surface area contributed by atoms with Crippen LogP contribution in [0.2, 0.25) is 0 Å². The van der Waals surface area contributed by atoms with E-state index in [0.29, 0.717) is 37.5 Å². The van der Waals surface area contributed by atoms with Crippen LogP contribution in [0, 0.1) is 21.4 Å². The van der Waals surface area contributed by atoms with Gasteiger partial charge in [0.1, 0.15) is 0 Å². The van der Waals surface area contributed by atoms with Gasteiger partial charge >= 0.3 is 0 Å². The first-order valence-corrected chi connectivity index (χ1v) is 5.75. The van der Waals surface area contributed by atoms with E-state index in [1.807, 2.05) is 4.90 Å². The summed E-state index contributed by atoms with van der Waals surface area (Å²) >= 11 is 0. The van der Waals surface area contributed by atoms with E-state index >= 15 is 0 Å². The number of anilines is 2. The normalized spacial score (nSPS) is 9.89. The summed E-state index contributed by atoms with van der Waals surface area (Å²) in [4.78, 5) is 12.0. The number of nitro groups is 1. The van der Waals surface area contributed by atoms with Gasteiger partial charge in [-0.1, -0.05) is 0 Å². The zero-order valence-corrected chi connectivity index (χ0v) is 10.7. The second-order valence-corrected chi connectivity index (χ2v) is 3.89. The van der Waals surface area contributed by atoms with Crippen molar-refractivity contribution in [2.45, 2.75) is 6.42 Å². The van der Waals surface area contributed by atoms with Crippen LogP contribution in [0.4, 0.5) is 17.1 Å². The summed E-state index contributed by atoms with van der Waals surface area (Å²) in [6.07, 6.45) is 0.347. The maximum absolute atomic E-state index is 10.7. The van der Waals surface area contributed by atoms with Crippen LogP contribution >= 0.6 is 0 Å². The Kier molecular flexibility index (Phi) is 5.57. The highest BCUT2D eigenvalue weighted by atomic mass is 16.6. The molecule has 0 saturated carbocycles. The Labute approximate surface area is 111 Å². The predicted octanol–water partition coefficient (Wildman–Crippen LogP) is 1.54. The summed E-state index contributed by atoms with van der Waals surface area (Å²) in [5.74, 6) is 0. The Balaban J connectivity index is 2.94. The number of ether oxygens (including phenoxy) is 1. The van der Waals surface area contributed by atoms with Crippen molar-refractivity contribution in [3.05, 3.63) is 28.3 Å². The molecule has 0 bridgehead atoms. The van der Waals surface area contributed by atoms with Gasteiger partial charge in [0.25, 0.3) is 5.69 Å². The molecule has 0 atom stereocenters. The molecule has 7 nitrogen and oxygen atoms in total. The van der Waals surface area contributed by atoms with Crippen molar-refractivity contribution in [1.29, 1.82) is 5.26 Å². The van der Waals surface area contributed by atoms with Crippen molar-refractivity contribution in [3.63, 3.8) is 0 Å². The van der Waals surface area contributed by atoms with E-state index < -0.39 is 4.92 Å². The Morgan fingerprint density at radius 2 is 2.26 bits per heavy atom. The highest BCUT2D eigenvalue weighted by Gasteiger charge is 2.13. The van der Waals surface area contributed by atoms with Crippen molar-refractivity contribution in [1.82, 2.24) is 0 Å². The summed E-state index contributed by atoms with van der Waals surface area (Å²) in [7, 11) is 1.58. The molecule has 2 N–H and O–H groups in total. The lowest BCUT2D eigenvalue weighted by molar-refractivity contribution is -0.384. The van der Waals surface area contributed by atoms with Gasteiger partial charge in [0, 0.05) is 32.3 Å². The molecule has 0 aliphatic heterocycles. The molecule has 1 rings (SSSR count). The monoisotopic (exact) mass is 264 g/mol. The molecule has 0 fully saturated rings. The quantitative estimate of drug-likeness (QED) is 0.455. The molecule has 0 radical (unpaired) electrons. The number of methoxy groups -OCH3 is 1. The molecule has 0 saturated heterocycles. The molecule has 7 heteroatoms. The lowest BCUT2D eigenvalue weighted by Gasteiger charge is -2.24. The standard InChI is InChI=1S/C12H16N4O3/c1-19-8-7-15(6-2-5-13)12-4-3-10(16(17)18)9-11(12)14/h3-4,9H,2,6-8,14H2,1H3. The minimum absolute atomic E-state index is 0.0479. The number of nitrogen functional groups attached to an aromatic ring is 1. The molecule has 1 aromatic rings. The zero-order chi connectivity index (χ0) is 14.3. The van der Waals surface area contributed by atoms with Gasteiger partial charge in [-0.25, -0.2) is 0 Å². The van der Waals surface area contributed by atoms with Crippen molar-refractivity contribution in [3.8, 4) is 6.07 Å². The van der Waals surface area contributed by atoms with Crippen molar-refractivity contribution < 1.29 is 9.66 Å². The number of nitrogens with two attached hydrogens (primary N) is 1. The van der Waals surface area contributed by atoms with E-state index in [2.05, 4.69) is 6.07 Å². The molecule has 102 valence electrons. The fourth-order valence-corrected chi connectivity index (χ4v) is 1.68. The van der Waals surface area contributed by atoms with Gasteiger partial charge in [-0.15, -0.1) is 0 Å². The van der Waals surface area contributed by atoms with Crippen LogP contribution in [0.15, 0.2) is 18.2 Å². The smallest absolute Gasteiger partial charge is 0.271 e. The van der Waals surface area contributed by atoms with E-state index in [-0.39, 0.29) is 5.69 Å². The van der Waals surface area contributed by atoms with Crippen molar-refractivity contribution >= 4 is 17.1 Å². The second kappa shape index (κ2) is 7.18. The summed E-state index contributed by atoms with van der Waals surface area (Å²) < 4.78 is 5.00. The lowest BCUT2D eigenvalue weighted by Crippen LogP contribution is -2.28. The SMILES string of the molecule is COCCN(CCC#N)c1ccc([N+](=O)[O-])cc1N. The Morgan fingerprint density at radius 1 is 1.53 bits per heavy atom. The van der Waals surface area contributed by atoms with E-state index in [1.54, 1.807) is 13.2 Å². The Bertz CT molecular complexity index is 484. The molecule has 0 heterocycles. The van der Waals surface area contributed by atoms with Crippen LogP contribution in [-0.2, 0) is 4.74 Å². The Hall–Kier alpha value is -2.33. The van der Waals surface area contributed by atoms with Crippen LogP contribution in [0.25, 0.3) is 0 Å². The zero-order valence-electron chi connectivity index (χ0n) is 10.7.